The minimum absolute atomic E-state index is 0.392. The van der Waals surface area contributed by atoms with Gasteiger partial charge >= 0.3 is 11.8 Å². The van der Waals surface area contributed by atoms with Crippen molar-refractivity contribution in [1.29, 1.82) is 0 Å². The summed E-state index contributed by atoms with van der Waals surface area (Å²) in [6, 6.07) is 0. The van der Waals surface area contributed by atoms with Crippen molar-refractivity contribution in [2.24, 2.45) is 5.84 Å². The van der Waals surface area contributed by atoms with Crippen LogP contribution in [0.3, 0.4) is 0 Å². The number of hydrogen-bond donors (Lipinski definition) is 2. The number of hydrogen-bond acceptors (Lipinski definition) is 4. The lowest BCUT2D eigenvalue weighted by molar-refractivity contribution is -0.145. The van der Waals surface area contributed by atoms with Gasteiger partial charge in [-0.2, -0.15) is 11.8 Å². The molecule has 0 saturated carbocycles. The topological polar surface area (TPSA) is 75.4 Å². The molecule has 0 aliphatic carbocycles. The predicted octanol–water partition coefficient (Wildman–Crippen LogP) is -1.06. The third-order valence-corrected chi connectivity index (χ3v) is 2.99. The molecule has 1 atom stereocenters. The molecule has 74 valence electrons. The standard InChI is InChI=1S/C7H13N3O2S/c1-5-4-10(2-3-13-5)7(12)6(11)9-8/h5H,2-4,8H2,1H3,(H,9,11). The molecule has 1 heterocycles. The van der Waals surface area contributed by atoms with E-state index in [0.29, 0.717) is 18.3 Å². The monoisotopic (exact) mass is 203 g/mol. The van der Waals surface area contributed by atoms with E-state index >= 15 is 0 Å². The highest BCUT2D eigenvalue weighted by Gasteiger charge is 2.25. The number of carbonyl (C=O) groups is 2. The van der Waals surface area contributed by atoms with Crippen LogP contribution < -0.4 is 11.3 Å². The van der Waals surface area contributed by atoms with Gasteiger partial charge in [0.15, 0.2) is 0 Å². The zero-order chi connectivity index (χ0) is 9.84. The van der Waals surface area contributed by atoms with Gasteiger partial charge in [-0.15, -0.1) is 0 Å². The van der Waals surface area contributed by atoms with Crippen molar-refractivity contribution in [2.75, 3.05) is 18.8 Å². The van der Waals surface area contributed by atoms with Gasteiger partial charge < -0.3 is 4.90 Å². The molecule has 0 aromatic carbocycles. The fourth-order valence-corrected chi connectivity index (χ4v) is 2.22. The van der Waals surface area contributed by atoms with Crippen LogP contribution in [0.25, 0.3) is 0 Å². The third kappa shape index (κ3) is 2.60. The van der Waals surface area contributed by atoms with Gasteiger partial charge in [0.25, 0.3) is 0 Å². The summed E-state index contributed by atoms with van der Waals surface area (Å²) in [5.41, 5.74) is 1.84. The Labute approximate surface area is 81.0 Å². The molecule has 0 radical (unpaired) electrons. The van der Waals surface area contributed by atoms with Crippen LogP contribution in [0.15, 0.2) is 0 Å². The average molecular weight is 203 g/mol. The first-order chi connectivity index (χ1) is 6.15. The van der Waals surface area contributed by atoms with E-state index in [1.165, 1.54) is 4.90 Å². The summed E-state index contributed by atoms with van der Waals surface area (Å²) in [6.45, 7) is 3.28. The van der Waals surface area contributed by atoms with Crippen LogP contribution in [0.4, 0.5) is 0 Å². The predicted molar refractivity (Wildman–Crippen MR) is 50.8 cm³/mol. The molecular weight excluding hydrogens is 190 g/mol. The number of amides is 2. The van der Waals surface area contributed by atoms with Gasteiger partial charge in [0.2, 0.25) is 0 Å². The van der Waals surface area contributed by atoms with Crippen LogP contribution in [0, 0.1) is 0 Å². The Hall–Kier alpha value is -0.750. The maximum absolute atomic E-state index is 11.3. The second-order valence-electron chi connectivity index (χ2n) is 2.91. The molecule has 13 heavy (non-hydrogen) atoms. The molecule has 6 heteroatoms. The smallest absolute Gasteiger partial charge is 0.323 e. The molecule has 1 rings (SSSR count). The summed E-state index contributed by atoms with van der Waals surface area (Å²) in [7, 11) is 0. The number of hydrazine groups is 1. The molecule has 2 amide bonds. The highest BCUT2D eigenvalue weighted by Crippen LogP contribution is 2.17. The highest BCUT2D eigenvalue weighted by molar-refractivity contribution is 7.99. The van der Waals surface area contributed by atoms with Crippen molar-refractivity contribution >= 4 is 23.6 Å². The second kappa shape index (κ2) is 4.48. The number of nitrogens with one attached hydrogen (secondary N) is 1. The van der Waals surface area contributed by atoms with Gasteiger partial charge in [-0.1, -0.05) is 6.92 Å². The number of nitrogens with zero attached hydrogens (tertiary/aromatic N) is 1. The van der Waals surface area contributed by atoms with E-state index in [9.17, 15) is 9.59 Å². The van der Waals surface area contributed by atoms with Gasteiger partial charge in [-0.3, -0.25) is 15.0 Å². The second-order valence-corrected chi connectivity index (χ2v) is 4.45. The van der Waals surface area contributed by atoms with E-state index in [4.69, 9.17) is 5.84 Å². The maximum Gasteiger partial charge on any atom is 0.323 e. The minimum atomic E-state index is -0.737. The Morgan fingerprint density at radius 3 is 2.85 bits per heavy atom. The lowest BCUT2D eigenvalue weighted by atomic mass is 10.3. The summed E-state index contributed by atoms with van der Waals surface area (Å²) >= 11 is 1.80. The van der Waals surface area contributed by atoms with Crippen molar-refractivity contribution in [3.05, 3.63) is 0 Å². The summed E-state index contributed by atoms with van der Waals surface area (Å²) in [5.74, 6) is 4.47. The Balaban J connectivity index is 2.51. The van der Waals surface area contributed by atoms with Gasteiger partial charge in [-0.25, -0.2) is 5.84 Å². The third-order valence-electron chi connectivity index (χ3n) is 1.85. The van der Waals surface area contributed by atoms with Crippen molar-refractivity contribution in [2.45, 2.75) is 12.2 Å². The molecule has 5 nitrogen and oxygen atoms in total. The highest BCUT2D eigenvalue weighted by atomic mass is 32.2. The summed E-state index contributed by atoms with van der Waals surface area (Å²) in [6.07, 6.45) is 0. The van der Waals surface area contributed by atoms with Crippen LogP contribution >= 0.6 is 11.8 Å². The summed E-state index contributed by atoms with van der Waals surface area (Å²) in [5, 5.41) is 0.392. The van der Waals surface area contributed by atoms with Crippen LogP contribution in [-0.4, -0.2) is 40.8 Å². The van der Waals surface area contributed by atoms with E-state index in [1.54, 1.807) is 11.8 Å². The van der Waals surface area contributed by atoms with Crippen molar-refractivity contribution < 1.29 is 9.59 Å². The van der Waals surface area contributed by atoms with E-state index in [-0.39, 0.29) is 0 Å². The quantitative estimate of drug-likeness (QED) is 0.228. The van der Waals surface area contributed by atoms with Gasteiger partial charge in [0.1, 0.15) is 0 Å². The van der Waals surface area contributed by atoms with Crippen molar-refractivity contribution in [1.82, 2.24) is 10.3 Å². The first-order valence-corrected chi connectivity index (χ1v) is 5.11. The first kappa shape index (κ1) is 10.3. The molecule has 1 fully saturated rings. The number of nitrogens with two attached hydrogens (primary N) is 1. The SMILES string of the molecule is CC1CN(C(=O)C(=O)NN)CCS1. The van der Waals surface area contributed by atoms with Gasteiger partial charge in [0, 0.05) is 24.1 Å². The average Bonchev–Trinajstić information content (AvgIpc) is 2.15. The molecule has 0 spiro atoms. The molecular formula is C7H13N3O2S. The summed E-state index contributed by atoms with van der Waals surface area (Å²) < 4.78 is 0. The van der Waals surface area contributed by atoms with E-state index < -0.39 is 11.8 Å². The lowest BCUT2D eigenvalue weighted by Crippen LogP contribution is -2.49. The molecule has 3 N–H and O–H groups in total. The molecule has 1 saturated heterocycles. The van der Waals surface area contributed by atoms with Gasteiger partial charge in [0.05, 0.1) is 0 Å². The lowest BCUT2D eigenvalue weighted by Gasteiger charge is -2.29. The molecule has 0 aromatic rings. The number of rotatable bonds is 0. The molecule has 1 aliphatic rings. The largest absolute Gasteiger partial charge is 0.332 e. The minimum Gasteiger partial charge on any atom is -0.332 e. The Morgan fingerprint density at radius 1 is 1.62 bits per heavy atom. The first-order valence-electron chi connectivity index (χ1n) is 4.06. The molecule has 1 aliphatic heterocycles. The van der Waals surface area contributed by atoms with Crippen LogP contribution in [0.5, 0.6) is 0 Å². The normalized spacial score (nSPS) is 22.6. The van der Waals surface area contributed by atoms with Crippen molar-refractivity contribution in [3.63, 3.8) is 0 Å². The van der Waals surface area contributed by atoms with Gasteiger partial charge in [-0.05, 0) is 0 Å². The van der Waals surface area contributed by atoms with E-state index in [2.05, 4.69) is 0 Å². The fourth-order valence-electron chi connectivity index (χ4n) is 1.21. The molecule has 1 unspecified atom stereocenters. The number of carbonyl (C=O) groups excluding carboxylic acids is 2. The van der Waals surface area contributed by atoms with Crippen molar-refractivity contribution in [3.8, 4) is 0 Å². The van der Waals surface area contributed by atoms with E-state index in [1.807, 2.05) is 12.3 Å². The summed E-state index contributed by atoms with van der Waals surface area (Å²) in [4.78, 5) is 23.7. The van der Waals surface area contributed by atoms with Crippen LogP contribution in [0.1, 0.15) is 6.92 Å². The zero-order valence-electron chi connectivity index (χ0n) is 7.45. The maximum atomic E-state index is 11.3. The number of thioether (sulfide) groups is 1. The Bertz CT molecular complexity index is 222. The molecule has 0 aromatic heterocycles. The van der Waals surface area contributed by atoms with E-state index in [0.717, 1.165) is 5.75 Å². The Morgan fingerprint density at radius 2 is 2.31 bits per heavy atom. The molecule has 0 bridgehead atoms. The Kier molecular flexibility index (Phi) is 3.56. The fraction of sp³-hybridized carbons (Fsp3) is 0.714. The van der Waals surface area contributed by atoms with Crippen LogP contribution in [0.2, 0.25) is 0 Å². The van der Waals surface area contributed by atoms with Crippen LogP contribution in [-0.2, 0) is 9.59 Å². The zero-order valence-corrected chi connectivity index (χ0v) is 8.26.